The first kappa shape index (κ1) is 38.9. The molecule has 50 heavy (non-hydrogen) atoms. The second-order valence-corrected chi connectivity index (χ2v) is 14.4. The minimum Gasteiger partial charge on any atom is -0.482 e. The van der Waals surface area contributed by atoms with Gasteiger partial charge in [-0.1, -0.05) is 78.7 Å². The number of ketones is 1. The zero-order valence-corrected chi connectivity index (χ0v) is 30.3. The quantitative estimate of drug-likeness (QED) is 0.121. The molecular formula is C40H42Cl2F3NO4. The van der Waals surface area contributed by atoms with E-state index in [-0.39, 0.29) is 17.2 Å². The summed E-state index contributed by atoms with van der Waals surface area (Å²) in [4.78, 5) is 27.5. The summed E-state index contributed by atoms with van der Waals surface area (Å²) >= 11 is 12.3. The Labute approximate surface area is 302 Å². The van der Waals surface area contributed by atoms with Crippen molar-refractivity contribution in [2.45, 2.75) is 70.3 Å². The maximum Gasteiger partial charge on any atom is 0.453 e. The molecule has 0 N–H and O–H groups in total. The standard InChI is InChI=1S/C40H42Cl2F3NO4/c1-26(30-9-6-10-31(24-30)38(48)50-39(2,3)4)36(37(47)40(43,44)45)49-34-21-11-27(12-22-34)8-7-23-46(5)25-35(28-13-17-32(41)18-14-28)29-15-19-33(42)20-16-29/h6,9-22,24,26,35-36H,7-8,23,25H2,1-5H3. The van der Waals surface area contributed by atoms with Gasteiger partial charge >= 0.3 is 12.1 Å². The highest BCUT2D eigenvalue weighted by atomic mass is 35.5. The number of carbonyl (C=O) groups is 2. The van der Waals surface area contributed by atoms with Crippen LogP contribution in [0.25, 0.3) is 0 Å². The number of halogens is 5. The number of esters is 1. The summed E-state index contributed by atoms with van der Waals surface area (Å²) in [6.45, 7) is 8.19. The Bertz CT molecular complexity index is 1670. The van der Waals surface area contributed by atoms with E-state index in [2.05, 4.69) is 11.9 Å². The summed E-state index contributed by atoms with van der Waals surface area (Å²) in [6.07, 6.45) is -5.41. The van der Waals surface area contributed by atoms with E-state index in [1.807, 2.05) is 48.5 Å². The summed E-state index contributed by atoms with van der Waals surface area (Å²) in [6, 6.07) is 28.5. The van der Waals surface area contributed by atoms with Crippen LogP contribution < -0.4 is 4.74 Å². The first-order valence-electron chi connectivity index (χ1n) is 16.4. The Morgan fingerprint density at radius 2 is 1.36 bits per heavy atom. The fourth-order valence-corrected chi connectivity index (χ4v) is 5.89. The van der Waals surface area contributed by atoms with Crippen molar-refractivity contribution in [3.63, 3.8) is 0 Å². The normalized spacial score (nSPS) is 13.3. The number of alkyl halides is 3. The number of ether oxygens (including phenoxy) is 2. The number of rotatable bonds is 14. The number of aryl methyl sites for hydroxylation is 1. The van der Waals surface area contributed by atoms with Gasteiger partial charge in [-0.3, -0.25) is 4.79 Å². The molecule has 4 rings (SSSR count). The summed E-state index contributed by atoms with van der Waals surface area (Å²) in [7, 11) is 2.07. The molecule has 0 radical (unpaired) electrons. The maximum absolute atomic E-state index is 13.7. The van der Waals surface area contributed by atoms with Gasteiger partial charge in [0.15, 0.2) is 6.10 Å². The van der Waals surface area contributed by atoms with Crippen molar-refractivity contribution in [1.82, 2.24) is 4.90 Å². The highest BCUT2D eigenvalue weighted by Gasteiger charge is 2.47. The molecule has 0 amide bonds. The lowest BCUT2D eigenvalue weighted by atomic mass is 9.91. The molecule has 0 aliphatic carbocycles. The molecule has 5 nitrogen and oxygen atoms in total. The van der Waals surface area contributed by atoms with E-state index in [4.69, 9.17) is 32.7 Å². The van der Waals surface area contributed by atoms with Crippen LogP contribution >= 0.6 is 23.2 Å². The van der Waals surface area contributed by atoms with Crippen LogP contribution in [0, 0.1) is 0 Å². The van der Waals surface area contributed by atoms with E-state index in [1.165, 1.54) is 19.1 Å². The van der Waals surface area contributed by atoms with E-state index in [0.717, 1.165) is 42.6 Å². The first-order valence-corrected chi connectivity index (χ1v) is 17.1. The number of benzene rings is 4. The molecule has 0 heterocycles. The lowest BCUT2D eigenvalue weighted by Gasteiger charge is -2.26. The van der Waals surface area contributed by atoms with Crippen molar-refractivity contribution in [1.29, 1.82) is 0 Å². The third-order valence-electron chi connectivity index (χ3n) is 8.27. The van der Waals surface area contributed by atoms with Crippen molar-refractivity contribution in [2.75, 3.05) is 20.1 Å². The van der Waals surface area contributed by atoms with Crippen molar-refractivity contribution >= 4 is 35.0 Å². The summed E-state index contributed by atoms with van der Waals surface area (Å²) in [5, 5.41) is 1.35. The predicted octanol–water partition coefficient (Wildman–Crippen LogP) is 10.3. The van der Waals surface area contributed by atoms with Gasteiger partial charge in [0.2, 0.25) is 0 Å². The molecule has 0 aliphatic heterocycles. The molecule has 0 bridgehead atoms. The zero-order chi connectivity index (χ0) is 36.6. The van der Waals surface area contributed by atoms with Crippen LogP contribution in [0.1, 0.15) is 78.6 Å². The fraction of sp³-hybridized carbons (Fsp3) is 0.350. The van der Waals surface area contributed by atoms with Gasteiger partial charge in [0.1, 0.15) is 11.4 Å². The molecule has 4 aromatic rings. The molecule has 0 aliphatic rings. The van der Waals surface area contributed by atoms with Crippen molar-refractivity contribution in [3.05, 3.63) is 135 Å². The molecule has 0 fully saturated rings. The van der Waals surface area contributed by atoms with Crippen LogP contribution in [-0.2, 0) is 16.0 Å². The van der Waals surface area contributed by atoms with Gasteiger partial charge in [-0.2, -0.15) is 13.2 Å². The van der Waals surface area contributed by atoms with Crippen LogP contribution in [0.4, 0.5) is 13.2 Å². The lowest BCUT2D eigenvalue weighted by Crippen LogP contribution is -2.41. The molecule has 0 saturated carbocycles. The van der Waals surface area contributed by atoms with Gasteiger partial charge in [0.25, 0.3) is 5.78 Å². The zero-order valence-electron chi connectivity index (χ0n) is 28.8. The van der Waals surface area contributed by atoms with E-state index in [9.17, 15) is 22.8 Å². The molecule has 0 aromatic heterocycles. The Morgan fingerprint density at radius 1 is 0.800 bits per heavy atom. The van der Waals surface area contributed by atoms with Gasteiger partial charge < -0.3 is 14.4 Å². The van der Waals surface area contributed by atoms with Crippen LogP contribution in [0.5, 0.6) is 5.75 Å². The third-order valence-corrected chi connectivity index (χ3v) is 8.77. The van der Waals surface area contributed by atoms with E-state index >= 15 is 0 Å². The van der Waals surface area contributed by atoms with Crippen LogP contribution in [0.15, 0.2) is 97.1 Å². The van der Waals surface area contributed by atoms with Gasteiger partial charge in [-0.25, -0.2) is 4.79 Å². The molecule has 2 unspecified atom stereocenters. The minimum atomic E-state index is -5.12. The summed E-state index contributed by atoms with van der Waals surface area (Å²) in [5.74, 6) is -3.39. The fourth-order valence-electron chi connectivity index (χ4n) is 5.64. The van der Waals surface area contributed by atoms with Crippen LogP contribution in [-0.4, -0.2) is 54.7 Å². The predicted molar refractivity (Wildman–Crippen MR) is 193 cm³/mol. The molecule has 4 aromatic carbocycles. The third kappa shape index (κ3) is 11.3. The average Bonchev–Trinajstić information content (AvgIpc) is 3.06. The minimum absolute atomic E-state index is 0.112. The monoisotopic (exact) mass is 727 g/mol. The van der Waals surface area contributed by atoms with E-state index in [1.54, 1.807) is 57.2 Å². The SMILES string of the molecule is CC(c1cccc(C(=O)OC(C)(C)C)c1)C(Oc1ccc(CCCN(C)CC(c2ccc(Cl)cc2)c2ccc(Cl)cc2)cc1)C(=O)C(F)(F)F. The molecule has 2 atom stereocenters. The van der Waals surface area contributed by atoms with E-state index in [0.29, 0.717) is 15.6 Å². The summed E-state index contributed by atoms with van der Waals surface area (Å²) < 4.78 is 52.3. The second-order valence-electron chi connectivity index (χ2n) is 13.5. The topological polar surface area (TPSA) is 55.8 Å². The molecule has 10 heteroatoms. The van der Waals surface area contributed by atoms with Crippen molar-refractivity contribution in [3.8, 4) is 5.75 Å². The number of Topliss-reactive ketones (excluding diaryl/α,β-unsaturated/α-hetero) is 1. The smallest absolute Gasteiger partial charge is 0.453 e. The summed E-state index contributed by atoms with van der Waals surface area (Å²) in [5.41, 5.74) is 3.03. The van der Waals surface area contributed by atoms with Crippen molar-refractivity contribution < 1.29 is 32.2 Å². The number of nitrogens with zero attached hydrogens (tertiary/aromatic N) is 1. The van der Waals surface area contributed by atoms with Gasteiger partial charge in [0, 0.05) is 28.4 Å². The Hall–Kier alpha value is -3.85. The number of hydrogen-bond acceptors (Lipinski definition) is 5. The number of carbonyl (C=O) groups excluding carboxylic acids is 2. The average molecular weight is 729 g/mol. The first-order chi connectivity index (χ1) is 23.5. The maximum atomic E-state index is 13.7. The van der Waals surface area contributed by atoms with Crippen LogP contribution in [0.2, 0.25) is 10.0 Å². The van der Waals surface area contributed by atoms with Gasteiger partial charge in [-0.15, -0.1) is 0 Å². The highest BCUT2D eigenvalue weighted by molar-refractivity contribution is 6.30. The Kier molecular flexibility index (Phi) is 13.2. The Morgan fingerprint density at radius 3 is 1.88 bits per heavy atom. The molecule has 0 spiro atoms. The highest BCUT2D eigenvalue weighted by Crippen LogP contribution is 2.32. The molecule has 266 valence electrons. The lowest BCUT2D eigenvalue weighted by molar-refractivity contribution is -0.179. The van der Waals surface area contributed by atoms with Crippen LogP contribution in [0.3, 0.4) is 0 Å². The molecule has 0 saturated heterocycles. The number of likely N-dealkylation sites (N-methyl/N-ethyl adjacent to an activating group) is 1. The number of hydrogen-bond donors (Lipinski definition) is 0. The molecular weight excluding hydrogens is 686 g/mol. The Balaban J connectivity index is 1.40. The second kappa shape index (κ2) is 16.9. The largest absolute Gasteiger partial charge is 0.482 e. The van der Waals surface area contributed by atoms with Gasteiger partial charge in [0.05, 0.1) is 5.56 Å². The van der Waals surface area contributed by atoms with Gasteiger partial charge in [-0.05, 0) is 118 Å². The van der Waals surface area contributed by atoms with Crippen molar-refractivity contribution in [2.24, 2.45) is 0 Å². The van der Waals surface area contributed by atoms with E-state index < -0.39 is 35.6 Å².